The minimum atomic E-state index is -0.102. The summed E-state index contributed by atoms with van der Waals surface area (Å²) in [7, 11) is 2.46. The largest absolute Gasteiger partial charge is 0.355 e. The zero-order valence-corrected chi connectivity index (χ0v) is 32.1. The van der Waals surface area contributed by atoms with Crippen LogP contribution in [0, 0.1) is 6.92 Å². The van der Waals surface area contributed by atoms with Crippen LogP contribution in [0.3, 0.4) is 0 Å². The van der Waals surface area contributed by atoms with Crippen LogP contribution in [-0.2, 0) is 16.2 Å². The molecule has 0 atom stereocenters. The smallest absolute Gasteiger partial charge is 0.197 e. The highest BCUT2D eigenvalue weighted by molar-refractivity contribution is 7.26. The van der Waals surface area contributed by atoms with E-state index in [9.17, 15) is 0 Å². The normalized spacial score (nSPS) is 17.2. The Morgan fingerprint density at radius 2 is 1.40 bits per heavy atom. The molecule has 0 bridgehead atoms. The summed E-state index contributed by atoms with van der Waals surface area (Å²) in [5, 5.41) is 6.65. The maximum Gasteiger partial charge on any atom is 0.197 e. The Kier molecular flexibility index (Phi) is 6.67. The lowest BCUT2D eigenvalue weighted by Crippen LogP contribution is -2.45. The first-order chi connectivity index (χ1) is 24.9. The molecule has 1 aliphatic carbocycles. The van der Waals surface area contributed by atoms with Crippen molar-refractivity contribution >= 4 is 78.2 Å². The molecule has 2 nitrogen and oxygen atoms in total. The molecule has 4 heteroatoms. The number of anilines is 5. The maximum absolute atomic E-state index is 4.02. The molecule has 0 saturated heterocycles. The highest BCUT2D eigenvalue weighted by atomic mass is 32.1. The van der Waals surface area contributed by atoms with E-state index in [2.05, 4.69) is 175 Å². The van der Waals surface area contributed by atoms with Crippen LogP contribution in [0.5, 0.6) is 0 Å². The summed E-state index contributed by atoms with van der Waals surface area (Å²) in [5.74, 6) is 0. The van der Waals surface area contributed by atoms with Gasteiger partial charge in [-0.25, -0.2) is 0 Å². The fourth-order valence-electron chi connectivity index (χ4n) is 9.60. The van der Waals surface area contributed by atoms with Crippen molar-refractivity contribution in [3.05, 3.63) is 137 Å². The Morgan fingerprint density at radius 3 is 2.25 bits per heavy atom. The number of rotatable bonds is 3. The number of para-hydroxylation sites is 2. The fraction of sp³-hybridized carbons (Fsp3) is 0.250. The molecule has 3 aliphatic rings. The molecule has 7 aromatic rings. The molecule has 255 valence electrons. The van der Waals surface area contributed by atoms with E-state index in [4.69, 9.17) is 0 Å². The number of hydrogen-bond acceptors (Lipinski definition) is 3. The molecule has 1 radical (unpaired) electrons. The van der Waals surface area contributed by atoms with Crippen LogP contribution in [0.2, 0.25) is 0 Å². The molecule has 2 aliphatic heterocycles. The lowest BCUT2D eigenvalue weighted by atomic mass is 9.56. The van der Waals surface area contributed by atoms with E-state index >= 15 is 0 Å². The molecule has 0 spiro atoms. The Labute approximate surface area is 312 Å². The van der Waals surface area contributed by atoms with Gasteiger partial charge >= 0.3 is 0 Å². The summed E-state index contributed by atoms with van der Waals surface area (Å²) in [4.78, 5) is 2.56. The number of nitrogens with zero attached hydrogens (tertiary/aromatic N) is 1. The van der Waals surface area contributed by atoms with Crippen LogP contribution in [0.1, 0.15) is 82.2 Å². The van der Waals surface area contributed by atoms with E-state index in [1.807, 2.05) is 11.3 Å². The molecule has 0 fully saturated rings. The summed E-state index contributed by atoms with van der Waals surface area (Å²) in [6.07, 6.45) is 2.41. The summed E-state index contributed by atoms with van der Waals surface area (Å²) < 4.78 is 2.65. The first-order valence-corrected chi connectivity index (χ1v) is 19.6. The quantitative estimate of drug-likeness (QED) is 0.186. The number of fused-ring (bicyclic) bond motifs is 8. The highest BCUT2D eigenvalue weighted by Crippen LogP contribution is 2.53. The molecule has 0 amide bonds. The van der Waals surface area contributed by atoms with Crippen molar-refractivity contribution in [2.75, 3.05) is 10.2 Å². The van der Waals surface area contributed by atoms with Gasteiger partial charge in [-0.2, -0.15) is 0 Å². The summed E-state index contributed by atoms with van der Waals surface area (Å²) in [6.45, 7) is 16.6. The van der Waals surface area contributed by atoms with Crippen molar-refractivity contribution in [2.24, 2.45) is 0 Å². The second-order valence-electron chi connectivity index (χ2n) is 17.2. The Balaban J connectivity index is 1.23. The predicted octanol–water partition coefficient (Wildman–Crippen LogP) is 12.2. The number of hydrogen-bond donors (Lipinski definition) is 1. The molecular weight excluding hydrogens is 647 g/mol. The molecule has 1 N–H and O–H groups in total. The molecule has 3 heterocycles. The van der Waals surface area contributed by atoms with Crippen LogP contribution in [-0.4, -0.2) is 7.28 Å². The molecule has 0 unspecified atom stereocenters. The van der Waals surface area contributed by atoms with Crippen LogP contribution < -0.4 is 21.1 Å². The topological polar surface area (TPSA) is 15.3 Å². The maximum atomic E-state index is 4.02. The van der Waals surface area contributed by atoms with Crippen LogP contribution in [0.15, 0.2) is 109 Å². The van der Waals surface area contributed by atoms with E-state index in [1.54, 1.807) is 0 Å². The van der Waals surface area contributed by atoms with Gasteiger partial charge in [0.2, 0.25) is 0 Å². The van der Waals surface area contributed by atoms with Crippen molar-refractivity contribution in [3.8, 4) is 11.1 Å². The van der Waals surface area contributed by atoms with Gasteiger partial charge in [0, 0.05) is 53.9 Å². The van der Waals surface area contributed by atoms with Crippen molar-refractivity contribution < 1.29 is 0 Å². The van der Waals surface area contributed by atoms with Gasteiger partial charge in [-0.15, -0.1) is 11.3 Å². The lowest BCUT2D eigenvalue weighted by Gasteiger charge is -2.46. The van der Waals surface area contributed by atoms with Gasteiger partial charge < -0.3 is 10.2 Å². The van der Waals surface area contributed by atoms with Crippen molar-refractivity contribution in [2.45, 2.75) is 77.6 Å². The molecule has 1 aromatic heterocycles. The van der Waals surface area contributed by atoms with Gasteiger partial charge in [-0.05, 0) is 106 Å². The first kappa shape index (κ1) is 31.9. The third kappa shape index (κ3) is 4.49. The van der Waals surface area contributed by atoms with E-state index in [0.29, 0.717) is 0 Å². The lowest BCUT2D eigenvalue weighted by molar-refractivity contribution is 0.332. The Morgan fingerprint density at radius 1 is 0.654 bits per heavy atom. The number of aryl methyl sites for hydroxylation is 1. The van der Waals surface area contributed by atoms with E-state index in [-0.39, 0.29) is 16.2 Å². The van der Waals surface area contributed by atoms with Crippen LogP contribution in [0.4, 0.5) is 28.4 Å². The van der Waals surface area contributed by atoms with Gasteiger partial charge in [0.1, 0.15) is 0 Å². The summed E-state index contributed by atoms with van der Waals surface area (Å²) >= 11 is 1.91. The molecule has 52 heavy (non-hydrogen) atoms. The zero-order chi connectivity index (χ0) is 35.7. The minimum Gasteiger partial charge on any atom is -0.355 e. The van der Waals surface area contributed by atoms with Gasteiger partial charge in [0.15, 0.2) is 7.28 Å². The average molecular weight is 692 g/mol. The van der Waals surface area contributed by atoms with Gasteiger partial charge in [-0.1, -0.05) is 120 Å². The molecule has 10 rings (SSSR count). The Bertz CT molecular complexity index is 2640. The van der Waals surface area contributed by atoms with Crippen molar-refractivity contribution in [1.82, 2.24) is 0 Å². The number of thiophene rings is 1. The highest BCUT2D eigenvalue weighted by Gasteiger charge is 2.41. The van der Waals surface area contributed by atoms with Gasteiger partial charge in [0.25, 0.3) is 0 Å². The van der Waals surface area contributed by atoms with Crippen molar-refractivity contribution in [1.29, 1.82) is 0 Å². The van der Waals surface area contributed by atoms with Crippen molar-refractivity contribution in [3.63, 3.8) is 0 Å². The van der Waals surface area contributed by atoms with E-state index in [1.165, 1.54) is 99.9 Å². The number of benzene rings is 6. The molecular formula is C48H44BN2S. The van der Waals surface area contributed by atoms with Gasteiger partial charge in [-0.3, -0.25) is 0 Å². The summed E-state index contributed by atoms with van der Waals surface area (Å²) in [6, 6.07) is 41.4. The fourth-order valence-corrected chi connectivity index (χ4v) is 10.9. The van der Waals surface area contributed by atoms with Crippen LogP contribution in [0.25, 0.3) is 31.3 Å². The molecule has 0 saturated carbocycles. The van der Waals surface area contributed by atoms with E-state index < -0.39 is 0 Å². The SMILES string of the molecule is Cc1cc(-c2c(Nc3ccc4c(c3)C(C)(C)CCC4(C)C)ccc3c2sc2ccccc23)c2c(c1)N1c3ccccc3C(C)(C)c3cccc(c31)[B]2. The minimum absolute atomic E-state index is 0.102. The van der Waals surface area contributed by atoms with Crippen LogP contribution >= 0.6 is 11.3 Å². The monoisotopic (exact) mass is 691 g/mol. The van der Waals surface area contributed by atoms with E-state index in [0.717, 1.165) is 11.4 Å². The third-order valence-corrected chi connectivity index (χ3v) is 13.8. The Hall–Kier alpha value is -4.80. The standard InChI is InChI=1S/C48H44BN2S/c1-28-25-32(43-40(26-28)51-39-17-10-9-14-34(39)48(6,7)35-15-12-16-37(49-43)44(35)51)42-38(22-20-31-30-13-8-11-18-41(30)52-45(31)42)50-29-19-21-33-36(27-29)47(4,5)24-23-46(33,2)3/h8-22,25-27,50H,23-24H2,1-7H3. The first-order valence-electron chi connectivity index (χ1n) is 18.8. The zero-order valence-electron chi connectivity index (χ0n) is 31.2. The number of nitrogens with one attached hydrogen (secondary N) is 1. The second-order valence-corrected chi connectivity index (χ2v) is 18.3. The molecule has 6 aromatic carbocycles. The predicted molar refractivity (Wildman–Crippen MR) is 226 cm³/mol. The van der Waals surface area contributed by atoms with Gasteiger partial charge in [0.05, 0.1) is 5.69 Å². The summed E-state index contributed by atoms with van der Waals surface area (Å²) in [5.41, 5.74) is 18.4. The third-order valence-electron chi connectivity index (χ3n) is 12.6. The average Bonchev–Trinajstić information content (AvgIpc) is 3.50. The second kappa shape index (κ2) is 10.9.